The van der Waals surface area contributed by atoms with Gasteiger partial charge in [0.05, 0.1) is 0 Å². The molecule has 14 heavy (non-hydrogen) atoms. The topological polar surface area (TPSA) is 15.8 Å². The lowest BCUT2D eigenvalue weighted by Crippen LogP contribution is -1.66. The third-order valence-electron chi connectivity index (χ3n) is 2.41. The Hall–Kier alpha value is -1.47. The molecule has 3 rings (SSSR count). The van der Waals surface area contributed by atoms with Crippen molar-refractivity contribution in [2.24, 2.45) is 0 Å². The van der Waals surface area contributed by atoms with E-state index < -0.39 is 0 Å². The van der Waals surface area contributed by atoms with Crippen LogP contribution in [-0.4, -0.2) is 4.98 Å². The molecule has 0 atom stereocenters. The van der Waals surface area contributed by atoms with E-state index in [-0.39, 0.29) is 0 Å². The van der Waals surface area contributed by atoms with Crippen LogP contribution in [0.4, 0.5) is 0 Å². The second kappa shape index (κ2) is 2.76. The van der Waals surface area contributed by atoms with Gasteiger partial charge < -0.3 is 4.98 Å². The maximum absolute atomic E-state index is 5.95. The maximum Gasteiger partial charge on any atom is 0.0465 e. The molecule has 0 fully saturated rings. The Kier molecular flexibility index (Phi) is 1.55. The molecule has 0 amide bonds. The molecule has 3 aromatic rings. The van der Waals surface area contributed by atoms with Crippen LogP contribution < -0.4 is 0 Å². The minimum Gasteiger partial charge on any atom is -0.355 e. The van der Waals surface area contributed by atoms with Crippen molar-refractivity contribution in [2.45, 2.75) is 0 Å². The number of hydrogen-bond donors (Lipinski definition) is 1. The molecule has 0 unspecified atom stereocenters. The normalized spacial score (nSPS) is 11.2. The fraction of sp³-hybridized carbons (Fsp3) is 0. The number of fused-ring (bicyclic) bond motifs is 3. The van der Waals surface area contributed by atoms with Gasteiger partial charge in [0.25, 0.3) is 0 Å². The van der Waals surface area contributed by atoms with Crippen LogP contribution in [-0.2, 0) is 0 Å². The summed E-state index contributed by atoms with van der Waals surface area (Å²) in [7, 11) is 0. The first-order valence-electron chi connectivity index (χ1n) is 4.42. The molecule has 0 saturated heterocycles. The Morgan fingerprint density at radius 1 is 1.07 bits per heavy atom. The first kappa shape index (κ1) is 7.89. The van der Waals surface area contributed by atoms with E-state index in [0.717, 1.165) is 21.4 Å². The van der Waals surface area contributed by atoms with Crippen LogP contribution >= 0.6 is 11.6 Å². The minimum atomic E-state index is 0.766. The van der Waals surface area contributed by atoms with Gasteiger partial charge in [0.1, 0.15) is 0 Å². The lowest BCUT2D eigenvalue weighted by molar-refractivity contribution is 1.55. The van der Waals surface area contributed by atoms with E-state index in [2.05, 4.69) is 11.1 Å². The summed E-state index contributed by atoms with van der Waals surface area (Å²) in [6.07, 6.45) is 0. The molecule has 0 bridgehead atoms. The van der Waals surface area contributed by atoms with Crippen molar-refractivity contribution in [3.05, 3.63) is 47.5 Å². The van der Waals surface area contributed by atoms with Gasteiger partial charge in [-0.3, -0.25) is 0 Å². The zero-order valence-electron chi connectivity index (χ0n) is 7.34. The van der Waals surface area contributed by atoms with Gasteiger partial charge >= 0.3 is 0 Å². The minimum absolute atomic E-state index is 0.766. The van der Waals surface area contributed by atoms with Crippen molar-refractivity contribution in [1.29, 1.82) is 0 Å². The highest BCUT2D eigenvalue weighted by molar-refractivity contribution is 6.31. The smallest absolute Gasteiger partial charge is 0.0465 e. The number of nitrogens with one attached hydrogen (secondary N) is 1. The van der Waals surface area contributed by atoms with Gasteiger partial charge in [0.15, 0.2) is 0 Å². The highest BCUT2D eigenvalue weighted by Gasteiger charge is 2.02. The molecule has 1 nitrogen and oxygen atoms in total. The molecule has 0 saturated carbocycles. The van der Waals surface area contributed by atoms with E-state index in [9.17, 15) is 0 Å². The van der Waals surface area contributed by atoms with E-state index in [1.54, 1.807) is 0 Å². The summed E-state index contributed by atoms with van der Waals surface area (Å²) in [5.41, 5.74) is 2.24. The molecule has 2 aromatic carbocycles. The largest absolute Gasteiger partial charge is 0.355 e. The monoisotopic (exact) mass is 200 g/mol. The van der Waals surface area contributed by atoms with E-state index in [0.29, 0.717) is 0 Å². The first-order valence-corrected chi connectivity index (χ1v) is 4.79. The van der Waals surface area contributed by atoms with Crippen molar-refractivity contribution >= 4 is 33.4 Å². The van der Waals surface area contributed by atoms with Crippen LogP contribution in [0.15, 0.2) is 36.4 Å². The number of rotatable bonds is 0. The fourth-order valence-electron chi connectivity index (χ4n) is 1.76. The number of aromatic amines is 1. The van der Waals surface area contributed by atoms with Crippen LogP contribution in [0.2, 0.25) is 5.02 Å². The molecule has 0 spiro atoms. The van der Waals surface area contributed by atoms with Crippen molar-refractivity contribution in [3.8, 4) is 0 Å². The van der Waals surface area contributed by atoms with Crippen LogP contribution in [0.3, 0.4) is 0 Å². The van der Waals surface area contributed by atoms with Crippen LogP contribution in [0.5, 0.6) is 0 Å². The molecule has 0 aliphatic carbocycles. The zero-order valence-corrected chi connectivity index (χ0v) is 8.10. The Balaban J connectivity index is 2.58. The Morgan fingerprint density at radius 2 is 1.93 bits per heavy atom. The van der Waals surface area contributed by atoms with Crippen LogP contribution in [0, 0.1) is 6.07 Å². The molecule has 1 aromatic heterocycles. The molecule has 1 heterocycles. The van der Waals surface area contributed by atoms with Gasteiger partial charge in [0, 0.05) is 26.8 Å². The van der Waals surface area contributed by atoms with Gasteiger partial charge in [-0.05, 0) is 36.4 Å². The molecular formula is C12H7ClN. The lowest BCUT2D eigenvalue weighted by Gasteiger charge is -1.91. The highest BCUT2D eigenvalue weighted by atomic mass is 35.5. The van der Waals surface area contributed by atoms with Crippen molar-refractivity contribution in [3.63, 3.8) is 0 Å². The number of halogens is 1. The Bertz CT molecular complexity index is 610. The van der Waals surface area contributed by atoms with Crippen LogP contribution in [0.1, 0.15) is 0 Å². The summed E-state index contributed by atoms with van der Waals surface area (Å²) >= 11 is 5.95. The van der Waals surface area contributed by atoms with Gasteiger partial charge in [-0.15, -0.1) is 0 Å². The molecule has 0 aliphatic rings. The third kappa shape index (κ3) is 1.03. The Labute approximate surface area is 86.3 Å². The van der Waals surface area contributed by atoms with Crippen LogP contribution in [0.25, 0.3) is 21.8 Å². The van der Waals surface area contributed by atoms with Gasteiger partial charge in [-0.1, -0.05) is 17.7 Å². The van der Waals surface area contributed by atoms with Crippen molar-refractivity contribution in [1.82, 2.24) is 4.98 Å². The molecule has 0 aliphatic heterocycles. The Morgan fingerprint density at radius 3 is 2.86 bits per heavy atom. The summed E-state index contributed by atoms with van der Waals surface area (Å²) in [5.74, 6) is 0. The quantitative estimate of drug-likeness (QED) is 0.569. The average Bonchev–Trinajstić information content (AvgIpc) is 2.56. The second-order valence-electron chi connectivity index (χ2n) is 3.29. The van der Waals surface area contributed by atoms with E-state index >= 15 is 0 Å². The highest BCUT2D eigenvalue weighted by Crippen LogP contribution is 2.27. The number of hydrogen-bond acceptors (Lipinski definition) is 0. The second-order valence-corrected chi connectivity index (χ2v) is 3.72. The van der Waals surface area contributed by atoms with E-state index in [1.165, 1.54) is 5.39 Å². The van der Waals surface area contributed by atoms with Crippen molar-refractivity contribution in [2.75, 3.05) is 0 Å². The van der Waals surface area contributed by atoms with Crippen molar-refractivity contribution < 1.29 is 0 Å². The summed E-state index contributed by atoms with van der Waals surface area (Å²) < 4.78 is 0. The maximum atomic E-state index is 5.95. The summed E-state index contributed by atoms with van der Waals surface area (Å²) in [6.45, 7) is 0. The van der Waals surface area contributed by atoms with Gasteiger partial charge in [-0.25, -0.2) is 0 Å². The fourth-order valence-corrected chi connectivity index (χ4v) is 1.93. The molecule has 1 N–H and O–H groups in total. The van der Waals surface area contributed by atoms with E-state index in [4.69, 9.17) is 11.6 Å². The summed E-state index contributed by atoms with van der Waals surface area (Å²) in [6, 6.07) is 14.8. The SMILES string of the molecule is Clc1ccc2[nH]c3cc[c]cc3c2c1. The van der Waals surface area contributed by atoms with Gasteiger partial charge in [-0.2, -0.15) is 0 Å². The molecule has 67 valence electrons. The third-order valence-corrected chi connectivity index (χ3v) is 2.64. The predicted molar refractivity (Wildman–Crippen MR) is 59.7 cm³/mol. The lowest BCUT2D eigenvalue weighted by atomic mass is 10.2. The molecule has 1 radical (unpaired) electrons. The number of benzene rings is 2. The zero-order chi connectivity index (χ0) is 9.54. The number of H-pyrrole nitrogens is 1. The molecule has 2 heteroatoms. The average molecular weight is 201 g/mol. The summed E-state index contributed by atoms with van der Waals surface area (Å²) in [5, 5.41) is 3.09. The van der Waals surface area contributed by atoms with E-state index in [1.807, 2.05) is 36.4 Å². The first-order chi connectivity index (χ1) is 6.84. The predicted octanol–water partition coefficient (Wildman–Crippen LogP) is 3.77. The molecular weight excluding hydrogens is 194 g/mol. The standard InChI is InChI=1S/C12H7ClN/c13-8-5-6-12-10(7-8)9-3-1-2-4-11(9)14-12/h2-7,14H. The summed E-state index contributed by atoms with van der Waals surface area (Å²) in [4.78, 5) is 3.33. The van der Waals surface area contributed by atoms with Gasteiger partial charge in [0.2, 0.25) is 0 Å². The number of aromatic nitrogens is 1.